The van der Waals surface area contributed by atoms with Gasteiger partial charge in [0.1, 0.15) is 5.82 Å². The molecule has 3 aromatic rings. The van der Waals surface area contributed by atoms with Gasteiger partial charge < -0.3 is 15.0 Å². The van der Waals surface area contributed by atoms with Crippen LogP contribution in [0.15, 0.2) is 35.4 Å². The highest BCUT2D eigenvalue weighted by molar-refractivity contribution is 5.95. The molecule has 3 heterocycles. The lowest BCUT2D eigenvalue weighted by Gasteiger charge is -2.16. The number of aliphatic hydroxyl groups excluding tert-OH is 1. The maximum atomic E-state index is 13.6. The van der Waals surface area contributed by atoms with Gasteiger partial charge in [-0.15, -0.1) is 0 Å². The third-order valence-corrected chi connectivity index (χ3v) is 6.64. The number of aryl methyl sites for hydroxylation is 1. The van der Waals surface area contributed by atoms with E-state index in [2.05, 4.69) is 15.3 Å². The molecule has 0 radical (unpaired) electrons. The van der Waals surface area contributed by atoms with Crippen molar-refractivity contribution in [2.75, 3.05) is 5.32 Å². The lowest BCUT2D eigenvalue weighted by Crippen LogP contribution is -2.24. The predicted octanol–water partition coefficient (Wildman–Crippen LogP) is 4.36. The molecule has 0 spiro atoms. The minimum atomic E-state index is -0.598. The number of amides is 1. The topological polar surface area (TPSA) is 97.1 Å². The summed E-state index contributed by atoms with van der Waals surface area (Å²) in [5.41, 5.74) is 3.62. The van der Waals surface area contributed by atoms with E-state index in [1.54, 1.807) is 12.4 Å². The van der Waals surface area contributed by atoms with Crippen LogP contribution in [0, 0.1) is 18.8 Å². The third-order valence-electron chi connectivity index (χ3n) is 6.64. The molecule has 1 amide bonds. The van der Waals surface area contributed by atoms with Gasteiger partial charge in [-0.1, -0.05) is 13.3 Å². The fourth-order valence-electron chi connectivity index (χ4n) is 4.31. The first-order valence-electron chi connectivity index (χ1n) is 11.9. The van der Waals surface area contributed by atoms with Gasteiger partial charge in [0.2, 0.25) is 5.91 Å². The first-order chi connectivity index (χ1) is 15.9. The Bertz CT molecular complexity index is 1270. The van der Waals surface area contributed by atoms with Gasteiger partial charge in [-0.3, -0.25) is 14.6 Å². The molecule has 3 aromatic heterocycles. The Morgan fingerprint density at radius 1 is 1.15 bits per heavy atom. The molecule has 7 heteroatoms. The van der Waals surface area contributed by atoms with Crippen molar-refractivity contribution in [3.05, 3.63) is 52.2 Å². The van der Waals surface area contributed by atoms with Gasteiger partial charge in [0.25, 0.3) is 5.56 Å². The molecule has 2 N–H and O–H groups in total. The number of carbonyl (C=O) groups is 1. The SMILES string of the molecule is CCC[C@@H](O)c1cc(C)c(-c2cc3cnc(NC(=O)C4CC4)cc3n(CC3CC3)c2=O)cn1. The molecule has 0 bridgehead atoms. The summed E-state index contributed by atoms with van der Waals surface area (Å²) in [7, 11) is 0. The standard InChI is InChI=1S/C26H30N4O3/c1-3-4-23(31)21-9-15(2)20(13-27-21)19-10-18-12-28-24(29-25(32)17-7-8-17)11-22(18)30(26(19)33)14-16-5-6-16/h9-13,16-17,23,31H,3-8,14H2,1-2H3,(H,28,29,32)/t23-/m1/s1. The summed E-state index contributed by atoms with van der Waals surface area (Å²) >= 11 is 0. The molecule has 5 rings (SSSR count). The molecule has 2 fully saturated rings. The van der Waals surface area contributed by atoms with E-state index in [9.17, 15) is 14.7 Å². The Labute approximate surface area is 192 Å². The molecule has 2 aliphatic carbocycles. The number of aromatic nitrogens is 3. The molecule has 2 aliphatic rings. The van der Waals surface area contributed by atoms with Crippen molar-refractivity contribution in [1.82, 2.24) is 14.5 Å². The number of carbonyl (C=O) groups excluding carboxylic acids is 1. The van der Waals surface area contributed by atoms with Crippen LogP contribution < -0.4 is 10.9 Å². The van der Waals surface area contributed by atoms with E-state index in [4.69, 9.17) is 0 Å². The summed E-state index contributed by atoms with van der Waals surface area (Å²) in [5, 5.41) is 14.1. The fraction of sp³-hybridized carbons (Fsp3) is 0.462. The highest BCUT2D eigenvalue weighted by atomic mass is 16.3. The quantitative estimate of drug-likeness (QED) is 0.536. The van der Waals surface area contributed by atoms with E-state index < -0.39 is 6.10 Å². The summed E-state index contributed by atoms with van der Waals surface area (Å²) in [4.78, 5) is 34.8. The van der Waals surface area contributed by atoms with Crippen molar-refractivity contribution in [3.8, 4) is 11.1 Å². The Kier molecular flexibility index (Phi) is 5.74. The lowest BCUT2D eigenvalue weighted by molar-refractivity contribution is -0.117. The van der Waals surface area contributed by atoms with E-state index in [1.807, 2.05) is 36.6 Å². The maximum Gasteiger partial charge on any atom is 0.258 e. The van der Waals surface area contributed by atoms with Crippen LogP contribution in [0.3, 0.4) is 0 Å². The zero-order valence-electron chi connectivity index (χ0n) is 19.2. The van der Waals surface area contributed by atoms with Crippen LogP contribution >= 0.6 is 0 Å². The summed E-state index contributed by atoms with van der Waals surface area (Å²) in [6.07, 6.45) is 8.46. The Hall–Kier alpha value is -3.06. The predicted molar refractivity (Wildman–Crippen MR) is 128 cm³/mol. The second-order valence-electron chi connectivity index (χ2n) is 9.54. The molecule has 33 heavy (non-hydrogen) atoms. The van der Waals surface area contributed by atoms with Crippen molar-refractivity contribution in [3.63, 3.8) is 0 Å². The van der Waals surface area contributed by atoms with Crippen LogP contribution in [0.4, 0.5) is 5.82 Å². The first-order valence-corrected chi connectivity index (χ1v) is 11.9. The Morgan fingerprint density at radius 2 is 1.94 bits per heavy atom. The summed E-state index contributed by atoms with van der Waals surface area (Å²) in [5.74, 6) is 1.09. The normalized spacial score (nSPS) is 16.7. The molecule has 0 aromatic carbocycles. The monoisotopic (exact) mass is 446 g/mol. The number of fused-ring (bicyclic) bond motifs is 1. The fourth-order valence-corrected chi connectivity index (χ4v) is 4.31. The van der Waals surface area contributed by atoms with E-state index in [0.29, 0.717) is 36.0 Å². The van der Waals surface area contributed by atoms with Gasteiger partial charge in [0.05, 0.1) is 17.3 Å². The minimum Gasteiger partial charge on any atom is -0.387 e. The van der Waals surface area contributed by atoms with Crippen molar-refractivity contribution < 1.29 is 9.90 Å². The van der Waals surface area contributed by atoms with Gasteiger partial charge >= 0.3 is 0 Å². The molecule has 0 unspecified atom stereocenters. The maximum absolute atomic E-state index is 13.6. The number of rotatable bonds is 8. The first kappa shape index (κ1) is 21.8. The average Bonchev–Trinajstić information content (AvgIpc) is 3.70. The molecule has 0 saturated heterocycles. The largest absolute Gasteiger partial charge is 0.387 e. The van der Waals surface area contributed by atoms with E-state index >= 15 is 0 Å². The summed E-state index contributed by atoms with van der Waals surface area (Å²) in [6.45, 7) is 4.63. The number of pyridine rings is 3. The van der Waals surface area contributed by atoms with Gasteiger partial charge in [-0.25, -0.2) is 4.98 Å². The second-order valence-corrected chi connectivity index (χ2v) is 9.54. The number of anilines is 1. The van der Waals surface area contributed by atoms with Crippen LogP contribution in [-0.2, 0) is 11.3 Å². The van der Waals surface area contributed by atoms with Crippen molar-refractivity contribution in [2.45, 2.75) is 65.0 Å². The van der Waals surface area contributed by atoms with Gasteiger partial charge in [-0.2, -0.15) is 0 Å². The zero-order valence-corrected chi connectivity index (χ0v) is 19.2. The second kappa shape index (κ2) is 8.71. The van der Waals surface area contributed by atoms with E-state index in [-0.39, 0.29) is 17.4 Å². The van der Waals surface area contributed by atoms with Gasteiger partial charge in [0.15, 0.2) is 0 Å². The molecule has 1 atom stereocenters. The highest BCUT2D eigenvalue weighted by Crippen LogP contribution is 2.33. The number of nitrogens with one attached hydrogen (secondary N) is 1. The molecule has 0 aliphatic heterocycles. The van der Waals surface area contributed by atoms with Gasteiger partial charge in [-0.05, 0) is 62.6 Å². The van der Waals surface area contributed by atoms with Crippen molar-refractivity contribution >= 4 is 22.6 Å². The number of aliphatic hydroxyl groups is 1. The molecule has 7 nitrogen and oxygen atoms in total. The molecule has 172 valence electrons. The van der Waals surface area contributed by atoms with Crippen LogP contribution in [0.5, 0.6) is 0 Å². The molecular weight excluding hydrogens is 416 g/mol. The van der Waals surface area contributed by atoms with Gasteiger partial charge in [0, 0.05) is 47.4 Å². The Morgan fingerprint density at radius 3 is 2.61 bits per heavy atom. The average molecular weight is 447 g/mol. The zero-order chi connectivity index (χ0) is 23.1. The number of hydrogen-bond donors (Lipinski definition) is 2. The summed E-state index contributed by atoms with van der Waals surface area (Å²) in [6, 6.07) is 5.56. The number of nitrogens with zero attached hydrogens (tertiary/aromatic N) is 3. The minimum absolute atomic E-state index is 0.00149. The van der Waals surface area contributed by atoms with Crippen LogP contribution in [0.1, 0.15) is 62.8 Å². The highest BCUT2D eigenvalue weighted by Gasteiger charge is 2.30. The lowest BCUT2D eigenvalue weighted by atomic mass is 10.00. The summed E-state index contributed by atoms with van der Waals surface area (Å²) < 4.78 is 1.83. The third kappa shape index (κ3) is 4.55. The van der Waals surface area contributed by atoms with E-state index in [1.165, 1.54) is 0 Å². The van der Waals surface area contributed by atoms with Crippen LogP contribution in [0.2, 0.25) is 0 Å². The van der Waals surface area contributed by atoms with Crippen LogP contribution in [-0.4, -0.2) is 25.5 Å². The van der Waals surface area contributed by atoms with Crippen LogP contribution in [0.25, 0.3) is 22.0 Å². The Balaban J connectivity index is 1.57. The molecule has 2 saturated carbocycles. The smallest absolute Gasteiger partial charge is 0.258 e. The van der Waals surface area contributed by atoms with E-state index in [0.717, 1.165) is 54.1 Å². The number of hydrogen-bond acceptors (Lipinski definition) is 5. The van der Waals surface area contributed by atoms with Crippen molar-refractivity contribution in [1.29, 1.82) is 0 Å². The molecular formula is C26H30N4O3. The van der Waals surface area contributed by atoms with Crippen molar-refractivity contribution in [2.24, 2.45) is 11.8 Å².